The quantitative estimate of drug-likeness (QED) is 0.657. The van der Waals surface area contributed by atoms with Gasteiger partial charge < -0.3 is 25.0 Å². The second-order valence-electron chi connectivity index (χ2n) is 4.09. The molecule has 6 heteroatoms. The van der Waals surface area contributed by atoms with Crippen LogP contribution in [0.3, 0.4) is 0 Å². The first-order valence-electron chi connectivity index (χ1n) is 5.61. The molecule has 1 aliphatic rings. The fourth-order valence-corrected chi connectivity index (χ4v) is 1.81. The summed E-state index contributed by atoms with van der Waals surface area (Å²) in [5, 5.41) is 27.4. The Bertz CT molecular complexity index is 448. The van der Waals surface area contributed by atoms with Crippen molar-refractivity contribution in [3.05, 3.63) is 23.8 Å². The Balaban J connectivity index is 2.32. The van der Waals surface area contributed by atoms with Crippen molar-refractivity contribution in [1.29, 1.82) is 0 Å². The van der Waals surface area contributed by atoms with Crippen molar-refractivity contribution >= 4 is 11.6 Å². The highest BCUT2D eigenvalue weighted by atomic mass is 16.5. The monoisotopic (exact) mass is 253 g/mol. The Hall–Kier alpha value is -1.63. The number of β-amino-alcohol motifs (C(OH)–C–C–N with tert-alkyl or cyclic N) is 1. The number of benzene rings is 1. The number of aliphatic hydroxyl groups is 3. The van der Waals surface area contributed by atoms with Crippen molar-refractivity contribution in [2.24, 2.45) is 0 Å². The lowest BCUT2D eigenvalue weighted by atomic mass is 10.1. The van der Waals surface area contributed by atoms with Gasteiger partial charge in [-0.1, -0.05) is 6.07 Å². The minimum atomic E-state index is -1.00. The summed E-state index contributed by atoms with van der Waals surface area (Å²) in [4.78, 5) is 13.1. The van der Waals surface area contributed by atoms with Gasteiger partial charge in [0.15, 0.2) is 6.61 Å². The van der Waals surface area contributed by atoms with Crippen LogP contribution in [0.15, 0.2) is 18.2 Å². The summed E-state index contributed by atoms with van der Waals surface area (Å²) in [7, 11) is 0. The molecule has 1 aromatic rings. The van der Waals surface area contributed by atoms with E-state index in [0.29, 0.717) is 17.0 Å². The maximum Gasteiger partial charge on any atom is 0.265 e. The SMILES string of the molecule is O=C1COc2ccc(CO)cc2N1CC(O)CO. The molecule has 0 fully saturated rings. The van der Waals surface area contributed by atoms with E-state index in [1.165, 1.54) is 4.90 Å². The van der Waals surface area contributed by atoms with Gasteiger partial charge in [0, 0.05) is 0 Å². The summed E-state index contributed by atoms with van der Waals surface area (Å²) in [5.41, 5.74) is 1.15. The van der Waals surface area contributed by atoms with Crippen LogP contribution >= 0.6 is 0 Å². The van der Waals surface area contributed by atoms with E-state index in [2.05, 4.69) is 0 Å². The van der Waals surface area contributed by atoms with E-state index in [1.54, 1.807) is 18.2 Å². The number of aliphatic hydroxyl groups excluding tert-OH is 3. The standard InChI is InChI=1S/C12H15NO5/c14-5-8-1-2-11-10(3-8)13(4-9(16)6-15)12(17)7-18-11/h1-3,9,14-16H,4-7H2. The van der Waals surface area contributed by atoms with Crippen LogP contribution in [0, 0.1) is 0 Å². The van der Waals surface area contributed by atoms with Gasteiger partial charge in [-0.15, -0.1) is 0 Å². The maximum atomic E-state index is 11.8. The van der Waals surface area contributed by atoms with Gasteiger partial charge in [0.1, 0.15) is 5.75 Å². The molecule has 0 saturated heterocycles. The van der Waals surface area contributed by atoms with Crippen molar-refractivity contribution in [3.63, 3.8) is 0 Å². The minimum absolute atomic E-state index is 0.000571. The number of hydrogen-bond donors (Lipinski definition) is 3. The molecule has 1 atom stereocenters. The summed E-state index contributed by atoms with van der Waals surface area (Å²) in [6.45, 7) is -0.651. The van der Waals surface area contributed by atoms with Gasteiger partial charge in [0.05, 0.1) is 31.5 Å². The van der Waals surface area contributed by atoms with E-state index in [-0.39, 0.29) is 25.7 Å². The van der Waals surface area contributed by atoms with Crippen LogP contribution in [-0.4, -0.2) is 47.1 Å². The summed E-state index contributed by atoms with van der Waals surface area (Å²) in [6.07, 6.45) is -1.00. The van der Waals surface area contributed by atoms with E-state index >= 15 is 0 Å². The van der Waals surface area contributed by atoms with Gasteiger partial charge in [-0.05, 0) is 17.7 Å². The second-order valence-corrected chi connectivity index (χ2v) is 4.09. The lowest BCUT2D eigenvalue weighted by Crippen LogP contribution is -2.44. The molecule has 0 aromatic heterocycles. The van der Waals surface area contributed by atoms with E-state index < -0.39 is 12.7 Å². The number of nitrogens with zero attached hydrogens (tertiary/aromatic N) is 1. The molecule has 1 aliphatic heterocycles. The van der Waals surface area contributed by atoms with Crippen LogP contribution in [0.25, 0.3) is 0 Å². The molecule has 1 heterocycles. The van der Waals surface area contributed by atoms with E-state index in [4.69, 9.17) is 14.9 Å². The van der Waals surface area contributed by atoms with Crippen LogP contribution in [0.2, 0.25) is 0 Å². The van der Waals surface area contributed by atoms with Crippen LogP contribution < -0.4 is 9.64 Å². The van der Waals surface area contributed by atoms with Crippen LogP contribution in [-0.2, 0) is 11.4 Å². The van der Waals surface area contributed by atoms with Crippen molar-refractivity contribution in [3.8, 4) is 5.75 Å². The van der Waals surface area contributed by atoms with Crippen molar-refractivity contribution in [2.45, 2.75) is 12.7 Å². The predicted molar refractivity (Wildman–Crippen MR) is 63.3 cm³/mol. The smallest absolute Gasteiger partial charge is 0.265 e. The van der Waals surface area contributed by atoms with Gasteiger partial charge in [-0.2, -0.15) is 0 Å². The Morgan fingerprint density at radius 2 is 2.17 bits per heavy atom. The van der Waals surface area contributed by atoms with Gasteiger partial charge in [-0.3, -0.25) is 4.79 Å². The summed E-state index contributed by atoms with van der Waals surface area (Å²) >= 11 is 0. The number of anilines is 1. The number of fused-ring (bicyclic) bond motifs is 1. The van der Waals surface area contributed by atoms with Crippen molar-refractivity contribution < 1.29 is 24.9 Å². The Morgan fingerprint density at radius 1 is 1.39 bits per heavy atom. The molecule has 1 aromatic carbocycles. The van der Waals surface area contributed by atoms with E-state index in [0.717, 1.165) is 0 Å². The highest BCUT2D eigenvalue weighted by Crippen LogP contribution is 2.33. The third-order valence-electron chi connectivity index (χ3n) is 2.75. The first-order valence-corrected chi connectivity index (χ1v) is 5.61. The van der Waals surface area contributed by atoms with Gasteiger partial charge >= 0.3 is 0 Å². The summed E-state index contributed by atoms with van der Waals surface area (Å²) < 4.78 is 5.26. The molecule has 1 amide bonds. The molecule has 1 unspecified atom stereocenters. The normalized spacial score (nSPS) is 16.2. The zero-order chi connectivity index (χ0) is 13.1. The topological polar surface area (TPSA) is 90.2 Å². The highest BCUT2D eigenvalue weighted by molar-refractivity contribution is 5.98. The molecule has 2 rings (SSSR count). The third-order valence-corrected chi connectivity index (χ3v) is 2.75. The average Bonchev–Trinajstić information content (AvgIpc) is 2.41. The van der Waals surface area contributed by atoms with Crippen LogP contribution in [0.4, 0.5) is 5.69 Å². The number of carbonyl (C=O) groups excluding carboxylic acids is 1. The molecule has 0 radical (unpaired) electrons. The zero-order valence-corrected chi connectivity index (χ0v) is 9.74. The molecular weight excluding hydrogens is 238 g/mol. The lowest BCUT2D eigenvalue weighted by Gasteiger charge is -2.30. The average molecular weight is 253 g/mol. The number of ether oxygens (including phenoxy) is 1. The first kappa shape index (κ1) is 12.8. The van der Waals surface area contributed by atoms with Gasteiger partial charge in [0.2, 0.25) is 0 Å². The van der Waals surface area contributed by atoms with Crippen molar-refractivity contribution in [1.82, 2.24) is 0 Å². The van der Waals surface area contributed by atoms with Crippen LogP contribution in [0.5, 0.6) is 5.75 Å². The maximum absolute atomic E-state index is 11.8. The molecule has 6 nitrogen and oxygen atoms in total. The second kappa shape index (κ2) is 5.34. The zero-order valence-electron chi connectivity index (χ0n) is 9.74. The van der Waals surface area contributed by atoms with Gasteiger partial charge in [0.25, 0.3) is 5.91 Å². The highest BCUT2D eigenvalue weighted by Gasteiger charge is 2.27. The molecule has 98 valence electrons. The van der Waals surface area contributed by atoms with E-state index in [1.807, 2.05) is 0 Å². The molecule has 0 spiro atoms. The van der Waals surface area contributed by atoms with Crippen molar-refractivity contribution in [2.75, 3.05) is 24.7 Å². The number of hydrogen-bond acceptors (Lipinski definition) is 5. The first-order chi connectivity index (χ1) is 8.65. The lowest BCUT2D eigenvalue weighted by molar-refractivity contribution is -0.121. The summed E-state index contributed by atoms with van der Waals surface area (Å²) in [6, 6.07) is 5.01. The molecule has 0 saturated carbocycles. The Labute approximate surface area is 104 Å². The van der Waals surface area contributed by atoms with Gasteiger partial charge in [-0.25, -0.2) is 0 Å². The molecule has 0 aliphatic carbocycles. The Morgan fingerprint density at radius 3 is 2.83 bits per heavy atom. The third kappa shape index (κ3) is 2.45. The number of carbonyl (C=O) groups is 1. The largest absolute Gasteiger partial charge is 0.482 e. The fraction of sp³-hybridized carbons (Fsp3) is 0.417. The molecule has 18 heavy (non-hydrogen) atoms. The number of rotatable bonds is 4. The fourth-order valence-electron chi connectivity index (χ4n) is 1.81. The number of amides is 1. The predicted octanol–water partition coefficient (Wildman–Crippen LogP) is -0.743. The van der Waals surface area contributed by atoms with Crippen LogP contribution in [0.1, 0.15) is 5.56 Å². The minimum Gasteiger partial charge on any atom is -0.482 e. The summed E-state index contributed by atoms with van der Waals surface area (Å²) in [5.74, 6) is 0.238. The Kier molecular flexibility index (Phi) is 3.81. The molecular formula is C12H15NO5. The molecule has 0 bridgehead atoms. The molecule has 3 N–H and O–H groups in total. The van der Waals surface area contributed by atoms with E-state index in [9.17, 15) is 9.90 Å².